The molecule has 1 fully saturated rings. The van der Waals surface area contributed by atoms with Gasteiger partial charge in [-0.15, -0.1) is 10.2 Å². The topological polar surface area (TPSA) is 115 Å². The van der Waals surface area contributed by atoms with Gasteiger partial charge in [0.25, 0.3) is 17.7 Å². The molecule has 0 radical (unpaired) electrons. The lowest BCUT2D eigenvalue weighted by Gasteiger charge is -2.27. The van der Waals surface area contributed by atoms with Crippen LogP contribution in [0.25, 0.3) is 0 Å². The van der Waals surface area contributed by atoms with E-state index in [1.165, 1.54) is 13.2 Å². The summed E-state index contributed by atoms with van der Waals surface area (Å²) in [6, 6.07) is 1.49. The Balaban J connectivity index is 1.58. The number of ether oxygens (including phenoxy) is 1. The minimum atomic E-state index is -0.359. The van der Waals surface area contributed by atoms with Crippen molar-refractivity contribution in [3.8, 4) is 5.88 Å². The number of nitrogens with one attached hydrogen (secondary N) is 1. The van der Waals surface area contributed by atoms with Crippen molar-refractivity contribution in [1.82, 2.24) is 30.1 Å². The number of rotatable bonds is 4. The third kappa shape index (κ3) is 2.84. The van der Waals surface area contributed by atoms with E-state index in [2.05, 4.69) is 20.7 Å². The Hall–Kier alpha value is -2.91. The summed E-state index contributed by atoms with van der Waals surface area (Å²) in [5.41, 5.74) is -0.359. The lowest BCUT2D eigenvalue weighted by atomic mass is 9.95. The van der Waals surface area contributed by atoms with Gasteiger partial charge < -0.3 is 19.5 Å². The minimum absolute atomic E-state index is 0.00545. The Labute approximate surface area is 155 Å². The van der Waals surface area contributed by atoms with Gasteiger partial charge in [-0.2, -0.15) is 0 Å². The average Bonchev–Trinajstić information content (AvgIpc) is 3.40. The molecule has 0 saturated carbocycles. The number of fused-ring (bicyclic) bond motifs is 2. The van der Waals surface area contributed by atoms with Gasteiger partial charge in [0, 0.05) is 25.6 Å². The standard InChI is InChI=1S/C17H22N6O4/c1-10(2)18-15(24)14-20-19-12-4-5-17(23(12)14)6-7-22(9-17)16(25)11-8-13(26-3)21-27-11/h8,10H,4-7,9H2,1-3H3,(H,18,24). The average molecular weight is 374 g/mol. The molecule has 2 aliphatic rings. The Morgan fingerprint density at radius 1 is 1.33 bits per heavy atom. The molecule has 10 nitrogen and oxygen atoms in total. The summed E-state index contributed by atoms with van der Waals surface area (Å²) in [5, 5.41) is 14.9. The largest absolute Gasteiger partial charge is 0.479 e. The highest BCUT2D eigenvalue weighted by Gasteiger charge is 2.48. The Morgan fingerprint density at radius 3 is 2.85 bits per heavy atom. The molecule has 10 heteroatoms. The second-order valence-corrected chi connectivity index (χ2v) is 7.34. The summed E-state index contributed by atoms with van der Waals surface area (Å²) >= 11 is 0. The molecule has 0 bridgehead atoms. The zero-order valence-corrected chi connectivity index (χ0v) is 15.6. The van der Waals surface area contributed by atoms with Crippen molar-refractivity contribution in [3.63, 3.8) is 0 Å². The van der Waals surface area contributed by atoms with Crippen LogP contribution in [-0.2, 0) is 12.0 Å². The van der Waals surface area contributed by atoms with Gasteiger partial charge in [0.15, 0.2) is 0 Å². The number of aryl methyl sites for hydroxylation is 1. The maximum atomic E-state index is 12.7. The zero-order valence-electron chi connectivity index (χ0n) is 15.6. The molecular formula is C17H22N6O4. The van der Waals surface area contributed by atoms with E-state index < -0.39 is 0 Å². The quantitative estimate of drug-likeness (QED) is 0.833. The molecule has 1 N–H and O–H groups in total. The maximum Gasteiger partial charge on any atom is 0.292 e. The number of amides is 2. The molecule has 0 aliphatic carbocycles. The van der Waals surface area contributed by atoms with Crippen LogP contribution < -0.4 is 10.1 Å². The molecule has 1 saturated heterocycles. The molecule has 2 amide bonds. The van der Waals surface area contributed by atoms with Crippen LogP contribution in [0.4, 0.5) is 0 Å². The van der Waals surface area contributed by atoms with Gasteiger partial charge in [-0.1, -0.05) is 0 Å². The van der Waals surface area contributed by atoms with E-state index in [1.54, 1.807) is 4.90 Å². The van der Waals surface area contributed by atoms with Crippen LogP contribution in [0.5, 0.6) is 5.88 Å². The number of carbonyl (C=O) groups excluding carboxylic acids is 2. The van der Waals surface area contributed by atoms with Crippen LogP contribution in [0.2, 0.25) is 0 Å². The molecule has 2 aliphatic heterocycles. The van der Waals surface area contributed by atoms with Crippen molar-refractivity contribution in [1.29, 1.82) is 0 Å². The number of nitrogens with zero attached hydrogens (tertiary/aromatic N) is 5. The second-order valence-electron chi connectivity index (χ2n) is 7.34. The number of methoxy groups -OCH3 is 1. The third-order valence-electron chi connectivity index (χ3n) is 5.17. The monoisotopic (exact) mass is 374 g/mol. The molecule has 0 aromatic carbocycles. The molecule has 4 heterocycles. The molecule has 1 unspecified atom stereocenters. The lowest BCUT2D eigenvalue weighted by molar-refractivity contribution is 0.0732. The van der Waals surface area contributed by atoms with E-state index in [4.69, 9.17) is 9.26 Å². The van der Waals surface area contributed by atoms with Crippen LogP contribution in [-0.4, -0.2) is 62.9 Å². The Bertz CT molecular complexity index is 888. The van der Waals surface area contributed by atoms with Crippen molar-refractivity contribution in [2.75, 3.05) is 20.2 Å². The second kappa shape index (κ2) is 6.36. The molecule has 2 aromatic heterocycles. The van der Waals surface area contributed by atoms with Crippen LogP contribution >= 0.6 is 0 Å². The smallest absolute Gasteiger partial charge is 0.292 e. The van der Waals surface area contributed by atoms with Gasteiger partial charge in [0.05, 0.1) is 18.7 Å². The normalized spacial score (nSPS) is 21.1. The van der Waals surface area contributed by atoms with Crippen LogP contribution in [0.15, 0.2) is 10.6 Å². The predicted octanol–water partition coefficient (Wildman–Crippen LogP) is 0.601. The van der Waals surface area contributed by atoms with Gasteiger partial charge in [-0.25, -0.2) is 0 Å². The van der Waals surface area contributed by atoms with Gasteiger partial charge in [-0.3, -0.25) is 14.2 Å². The number of likely N-dealkylation sites (tertiary alicyclic amines) is 1. The molecule has 4 rings (SSSR count). The van der Waals surface area contributed by atoms with E-state index in [1.807, 2.05) is 18.4 Å². The van der Waals surface area contributed by atoms with Gasteiger partial charge in [0.2, 0.25) is 11.6 Å². The fourth-order valence-electron chi connectivity index (χ4n) is 3.94. The highest BCUT2D eigenvalue weighted by atomic mass is 16.5. The summed E-state index contributed by atoms with van der Waals surface area (Å²) in [7, 11) is 1.47. The lowest BCUT2D eigenvalue weighted by Crippen LogP contribution is -2.40. The van der Waals surface area contributed by atoms with Gasteiger partial charge in [-0.05, 0) is 31.8 Å². The zero-order chi connectivity index (χ0) is 19.2. The first-order chi connectivity index (χ1) is 12.9. The molecular weight excluding hydrogens is 352 g/mol. The maximum absolute atomic E-state index is 12.7. The van der Waals surface area contributed by atoms with Crippen molar-refractivity contribution in [3.05, 3.63) is 23.5 Å². The molecule has 27 heavy (non-hydrogen) atoms. The molecule has 1 spiro atoms. The van der Waals surface area contributed by atoms with Crippen LogP contribution in [0.1, 0.15) is 53.7 Å². The van der Waals surface area contributed by atoms with Crippen molar-refractivity contribution in [2.24, 2.45) is 0 Å². The van der Waals surface area contributed by atoms with Gasteiger partial charge in [0.1, 0.15) is 5.82 Å². The summed E-state index contributed by atoms with van der Waals surface area (Å²) < 4.78 is 12.0. The van der Waals surface area contributed by atoms with Gasteiger partial charge >= 0.3 is 0 Å². The first-order valence-electron chi connectivity index (χ1n) is 8.99. The minimum Gasteiger partial charge on any atom is -0.479 e. The van der Waals surface area contributed by atoms with E-state index in [0.717, 1.165) is 25.1 Å². The van der Waals surface area contributed by atoms with E-state index >= 15 is 0 Å². The molecule has 1 atom stereocenters. The fraction of sp³-hybridized carbons (Fsp3) is 0.588. The third-order valence-corrected chi connectivity index (χ3v) is 5.17. The molecule has 144 valence electrons. The predicted molar refractivity (Wildman–Crippen MR) is 92.5 cm³/mol. The van der Waals surface area contributed by atoms with E-state index in [0.29, 0.717) is 18.9 Å². The number of aromatic nitrogens is 4. The number of hydrogen-bond donors (Lipinski definition) is 1. The highest BCUT2D eigenvalue weighted by Crippen LogP contribution is 2.40. The fourth-order valence-corrected chi connectivity index (χ4v) is 3.94. The first kappa shape index (κ1) is 17.5. The Morgan fingerprint density at radius 2 is 2.15 bits per heavy atom. The SMILES string of the molecule is COc1cc(C(=O)N2CCC3(CCc4nnc(C(=O)NC(C)C)n43)C2)on1. The van der Waals surface area contributed by atoms with Crippen LogP contribution in [0, 0.1) is 0 Å². The van der Waals surface area contributed by atoms with E-state index in [-0.39, 0.29) is 35.0 Å². The summed E-state index contributed by atoms with van der Waals surface area (Å²) in [4.78, 5) is 27.0. The van der Waals surface area contributed by atoms with E-state index in [9.17, 15) is 9.59 Å². The Kier molecular flexibility index (Phi) is 4.12. The first-order valence-corrected chi connectivity index (χ1v) is 8.99. The van der Waals surface area contributed by atoms with Crippen molar-refractivity contribution in [2.45, 2.75) is 44.7 Å². The summed E-state index contributed by atoms with van der Waals surface area (Å²) in [6.07, 6.45) is 2.29. The highest BCUT2D eigenvalue weighted by molar-refractivity contribution is 5.92. The van der Waals surface area contributed by atoms with Crippen molar-refractivity contribution >= 4 is 11.8 Å². The molecule has 2 aromatic rings. The summed E-state index contributed by atoms with van der Waals surface area (Å²) in [6.45, 7) is 4.83. The summed E-state index contributed by atoms with van der Waals surface area (Å²) in [5.74, 6) is 1.03. The number of carbonyl (C=O) groups is 2. The van der Waals surface area contributed by atoms with Crippen molar-refractivity contribution < 1.29 is 18.8 Å². The number of hydrogen-bond acceptors (Lipinski definition) is 7. The van der Waals surface area contributed by atoms with Crippen LogP contribution in [0.3, 0.4) is 0 Å².